The molecular weight excluding hydrogens is 222 g/mol. The molecule has 1 N–H and O–H groups in total. The molecule has 1 aromatic carbocycles. The first kappa shape index (κ1) is 13.6. The third kappa shape index (κ3) is 2.76. The van der Waals surface area contributed by atoms with E-state index in [4.69, 9.17) is 4.74 Å². The van der Waals surface area contributed by atoms with Gasteiger partial charge in [0.15, 0.2) is 0 Å². The van der Waals surface area contributed by atoms with Crippen molar-refractivity contribution in [1.29, 1.82) is 0 Å². The Morgan fingerprint density at radius 3 is 2.67 bits per heavy atom. The van der Waals surface area contributed by atoms with E-state index in [0.29, 0.717) is 6.04 Å². The fourth-order valence-corrected chi connectivity index (χ4v) is 2.99. The molecular formula is C16H25NO. The van der Waals surface area contributed by atoms with Gasteiger partial charge in [-0.15, -0.1) is 0 Å². The summed E-state index contributed by atoms with van der Waals surface area (Å²) in [7, 11) is 1.86. The fraction of sp³-hybridized carbons (Fsp3) is 0.625. The van der Waals surface area contributed by atoms with Crippen molar-refractivity contribution in [2.45, 2.75) is 51.2 Å². The Morgan fingerprint density at radius 2 is 2.17 bits per heavy atom. The Kier molecular flexibility index (Phi) is 4.41. The average Bonchev–Trinajstić information content (AvgIpc) is 2.28. The maximum absolute atomic E-state index is 5.83. The largest absolute Gasteiger partial charge is 0.377 e. The molecule has 2 heteroatoms. The molecule has 0 spiro atoms. The highest BCUT2D eigenvalue weighted by molar-refractivity contribution is 5.24. The fourth-order valence-electron chi connectivity index (χ4n) is 2.99. The molecule has 0 saturated heterocycles. The Bertz CT molecular complexity index is 379. The van der Waals surface area contributed by atoms with Gasteiger partial charge in [0, 0.05) is 13.2 Å². The first-order valence-electron chi connectivity index (χ1n) is 7.04. The minimum absolute atomic E-state index is 0.0692. The quantitative estimate of drug-likeness (QED) is 0.834. The molecule has 2 rings (SSSR count). The third-order valence-electron chi connectivity index (χ3n) is 4.21. The summed E-state index contributed by atoms with van der Waals surface area (Å²) < 4.78 is 5.83. The lowest BCUT2D eigenvalue weighted by Gasteiger charge is -2.47. The smallest absolute Gasteiger partial charge is 0.0834 e. The van der Waals surface area contributed by atoms with Gasteiger partial charge in [0.2, 0.25) is 0 Å². The number of nitrogens with one attached hydrogen (secondary N) is 1. The molecule has 0 aliphatic heterocycles. The van der Waals surface area contributed by atoms with Gasteiger partial charge in [0.05, 0.1) is 5.60 Å². The molecule has 0 amide bonds. The number of likely N-dealkylation sites (N-methyl/N-ethyl adjacent to an activating group) is 1. The minimum atomic E-state index is 0.0692. The van der Waals surface area contributed by atoms with E-state index in [9.17, 15) is 0 Å². The van der Waals surface area contributed by atoms with Crippen LogP contribution in [0.25, 0.3) is 0 Å². The zero-order chi connectivity index (χ0) is 13.0. The monoisotopic (exact) mass is 247 g/mol. The molecule has 0 aromatic heterocycles. The standard InChI is InChI=1S/C16H25NO/c1-4-17-15(16(18-3)9-6-10-16)12-14-8-5-7-13(2)11-14/h5,7-8,11,15,17H,4,6,9-10,12H2,1-3H3. The third-order valence-corrected chi connectivity index (χ3v) is 4.21. The van der Waals surface area contributed by atoms with Crippen molar-refractivity contribution < 1.29 is 4.74 Å². The normalized spacial score (nSPS) is 19.3. The molecule has 2 nitrogen and oxygen atoms in total. The van der Waals surface area contributed by atoms with Crippen molar-refractivity contribution >= 4 is 0 Å². The van der Waals surface area contributed by atoms with E-state index in [-0.39, 0.29) is 5.60 Å². The van der Waals surface area contributed by atoms with Crippen LogP contribution in [0, 0.1) is 6.92 Å². The van der Waals surface area contributed by atoms with Crippen LogP contribution in [0.3, 0.4) is 0 Å². The first-order valence-corrected chi connectivity index (χ1v) is 7.04. The van der Waals surface area contributed by atoms with Crippen LogP contribution in [0.4, 0.5) is 0 Å². The summed E-state index contributed by atoms with van der Waals surface area (Å²) in [6.45, 7) is 5.33. The van der Waals surface area contributed by atoms with Gasteiger partial charge in [-0.3, -0.25) is 0 Å². The van der Waals surface area contributed by atoms with Gasteiger partial charge in [0.1, 0.15) is 0 Å². The van der Waals surface area contributed by atoms with Crippen molar-refractivity contribution in [2.24, 2.45) is 0 Å². The Labute approximate surface area is 111 Å². The van der Waals surface area contributed by atoms with Crippen LogP contribution < -0.4 is 5.32 Å². The van der Waals surface area contributed by atoms with Crippen LogP contribution in [0.2, 0.25) is 0 Å². The molecule has 1 aromatic rings. The second-order valence-electron chi connectivity index (χ2n) is 5.43. The van der Waals surface area contributed by atoms with E-state index in [0.717, 1.165) is 13.0 Å². The molecule has 1 atom stereocenters. The van der Waals surface area contributed by atoms with Gasteiger partial charge in [-0.25, -0.2) is 0 Å². The van der Waals surface area contributed by atoms with Gasteiger partial charge in [-0.1, -0.05) is 36.8 Å². The van der Waals surface area contributed by atoms with Gasteiger partial charge in [0.25, 0.3) is 0 Å². The van der Waals surface area contributed by atoms with Gasteiger partial charge >= 0.3 is 0 Å². The van der Waals surface area contributed by atoms with Crippen molar-refractivity contribution in [3.63, 3.8) is 0 Å². The molecule has 18 heavy (non-hydrogen) atoms. The summed E-state index contributed by atoms with van der Waals surface area (Å²) >= 11 is 0. The number of hydrogen-bond donors (Lipinski definition) is 1. The molecule has 0 bridgehead atoms. The zero-order valence-corrected chi connectivity index (χ0v) is 11.8. The van der Waals surface area contributed by atoms with Crippen molar-refractivity contribution in [1.82, 2.24) is 5.32 Å². The lowest BCUT2D eigenvalue weighted by molar-refractivity contribution is -0.0978. The number of benzene rings is 1. The number of ether oxygens (including phenoxy) is 1. The van der Waals surface area contributed by atoms with E-state index in [1.54, 1.807) is 0 Å². The Morgan fingerprint density at radius 1 is 1.39 bits per heavy atom. The van der Waals surface area contributed by atoms with Crippen LogP contribution >= 0.6 is 0 Å². The summed E-state index contributed by atoms with van der Waals surface area (Å²) in [5.74, 6) is 0. The summed E-state index contributed by atoms with van der Waals surface area (Å²) in [6, 6.07) is 9.24. The zero-order valence-electron chi connectivity index (χ0n) is 11.8. The second kappa shape index (κ2) is 5.85. The van der Waals surface area contributed by atoms with Crippen LogP contribution in [0.15, 0.2) is 24.3 Å². The highest BCUT2D eigenvalue weighted by Crippen LogP contribution is 2.39. The maximum Gasteiger partial charge on any atom is 0.0834 e. The predicted octanol–water partition coefficient (Wildman–Crippen LogP) is 3.08. The van der Waals surface area contributed by atoms with Gasteiger partial charge in [-0.05, 0) is 44.7 Å². The second-order valence-corrected chi connectivity index (χ2v) is 5.43. The average molecular weight is 247 g/mol. The van der Waals surface area contributed by atoms with Crippen molar-refractivity contribution in [2.75, 3.05) is 13.7 Å². The van der Waals surface area contributed by atoms with E-state index in [1.165, 1.54) is 30.4 Å². The molecule has 1 aliphatic carbocycles. The summed E-state index contributed by atoms with van der Waals surface area (Å²) in [5.41, 5.74) is 2.81. The first-order chi connectivity index (χ1) is 8.70. The molecule has 1 unspecified atom stereocenters. The SMILES string of the molecule is CCNC(Cc1cccc(C)c1)C1(OC)CCC1. The number of hydrogen-bond acceptors (Lipinski definition) is 2. The summed E-state index contributed by atoms with van der Waals surface area (Å²) in [6.07, 6.45) is 4.73. The molecule has 0 heterocycles. The van der Waals surface area contributed by atoms with Crippen molar-refractivity contribution in [3.05, 3.63) is 35.4 Å². The summed E-state index contributed by atoms with van der Waals surface area (Å²) in [4.78, 5) is 0. The lowest BCUT2D eigenvalue weighted by atomic mass is 9.72. The Balaban J connectivity index is 2.11. The van der Waals surface area contributed by atoms with Crippen molar-refractivity contribution in [3.8, 4) is 0 Å². The van der Waals surface area contributed by atoms with Gasteiger partial charge in [-0.2, -0.15) is 0 Å². The van der Waals surface area contributed by atoms with Crippen LogP contribution in [-0.4, -0.2) is 25.3 Å². The van der Waals surface area contributed by atoms with Crippen LogP contribution in [0.1, 0.15) is 37.3 Å². The van der Waals surface area contributed by atoms with Gasteiger partial charge < -0.3 is 10.1 Å². The highest BCUT2D eigenvalue weighted by atomic mass is 16.5. The highest BCUT2D eigenvalue weighted by Gasteiger charge is 2.43. The number of aryl methyl sites for hydroxylation is 1. The Hall–Kier alpha value is -0.860. The molecule has 1 aliphatic rings. The molecule has 1 fully saturated rings. The maximum atomic E-state index is 5.83. The molecule has 100 valence electrons. The topological polar surface area (TPSA) is 21.3 Å². The van der Waals surface area contributed by atoms with E-state index in [1.807, 2.05) is 7.11 Å². The number of methoxy groups -OCH3 is 1. The van der Waals surface area contributed by atoms with E-state index in [2.05, 4.69) is 43.4 Å². The molecule has 1 saturated carbocycles. The lowest BCUT2D eigenvalue weighted by Crippen LogP contribution is -2.57. The molecule has 0 radical (unpaired) electrons. The van der Waals surface area contributed by atoms with Crippen LogP contribution in [-0.2, 0) is 11.2 Å². The predicted molar refractivity (Wildman–Crippen MR) is 75.9 cm³/mol. The van der Waals surface area contributed by atoms with E-state index < -0.39 is 0 Å². The number of rotatable bonds is 6. The minimum Gasteiger partial charge on any atom is -0.377 e. The van der Waals surface area contributed by atoms with Crippen LogP contribution in [0.5, 0.6) is 0 Å². The van der Waals surface area contributed by atoms with E-state index >= 15 is 0 Å². The summed E-state index contributed by atoms with van der Waals surface area (Å²) in [5, 5.41) is 3.62.